The maximum Gasteiger partial charge on any atom is 0.323 e. The minimum absolute atomic E-state index is 0.175. The van der Waals surface area contributed by atoms with Crippen molar-refractivity contribution < 1.29 is 18.0 Å². The Morgan fingerprint density at radius 1 is 1.03 bits per heavy atom. The molecule has 0 atom stereocenters. The number of rotatable bonds is 4. The topological polar surface area (TPSA) is 104 Å². The third-order valence-corrected chi connectivity index (χ3v) is 6.38. The minimum atomic E-state index is -3.30. The number of carbonyl (C=O) groups excluding carboxylic acids is 2. The molecule has 0 unspecified atom stereocenters. The molecular weight excluding hydrogens is 422 g/mol. The molecule has 2 aromatic carbocycles. The highest BCUT2D eigenvalue weighted by Gasteiger charge is 2.24. The van der Waals surface area contributed by atoms with Crippen molar-refractivity contribution in [2.45, 2.75) is 4.90 Å². The van der Waals surface area contributed by atoms with Gasteiger partial charge in [-0.2, -0.15) is 0 Å². The van der Waals surface area contributed by atoms with Gasteiger partial charge in [0.05, 0.1) is 10.5 Å². The van der Waals surface area contributed by atoms with Gasteiger partial charge in [0.1, 0.15) is 0 Å². The van der Waals surface area contributed by atoms with Crippen molar-refractivity contribution in [1.29, 1.82) is 0 Å². The van der Waals surface area contributed by atoms with Gasteiger partial charge in [-0.25, -0.2) is 13.2 Å². The molecule has 152 valence electrons. The Bertz CT molecular complexity index is 1260. The predicted octanol–water partition coefficient (Wildman–Crippen LogP) is 4.29. The van der Waals surface area contributed by atoms with E-state index >= 15 is 0 Å². The average molecular weight is 440 g/mol. The molecule has 1 aliphatic heterocycles. The van der Waals surface area contributed by atoms with E-state index in [1.54, 1.807) is 18.2 Å². The number of carbonyl (C=O) groups is 2. The molecule has 30 heavy (non-hydrogen) atoms. The number of nitrogens with one attached hydrogen (secondary N) is 3. The highest BCUT2D eigenvalue weighted by molar-refractivity contribution is 7.90. The Hall–Kier alpha value is -3.43. The van der Waals surface area contributed by atoms with Gasteiger partial charge in [0.15, 0.2) is 9.84 Å². The number of thiophene rings is 1. The highest BCUT2D eigenvalue weighted by atomic mass is 32.2. The molecule has 3 N–H and O–H groups in total. The van der Waals surface area contributed by atoms with E-state index in [4.69, 9.17) is 0 Å². The number of hydrogen-bond donors (Lipinski definition) is 3. The minimum Gasteiger partial charge on any atom is -0.321 e. The second-order valence-electron chi connectivity index (χ2n) is 6.66. The van der Waals surface area contributed by atoms with Crippen LogP contribution in [0, 0.1) is 0 Å². The fourth-order valence-electron chi connectivity index (χ4n) is 3.00. The van der Waals surface area contributed by atoms with Crippen LogP contribution in [0.3, 0.4) is 0 Å². The molecule has 1 aliphatic rings. The fraction of sp³-hybridized carbons (Fsp3) is 0.0476. The summed E-state index contributed by atoms with van der Waals surface area (Å²) in [6, 6.07) is 14.4. The van der Waals surface area contributed by atoms with E-state index in [9.17, 15) is 18.0 Å². The molecule has 0 saturated heterocycles. The van der Waals surface area contributed by atoms with E-state index < -0.39 is 15.9 Å². The van der Waals surface area contributed by atoms with Gasteiger partial charge in [-0.15, -0.1) is 11.3 Å². The summed E-state index contributed by atoms with van der Waals surface area (Å²) in [6.07, 6.45) is 2.94. The molecule has 0 aliphatic carbocycles. The van der Waals surface area contributed by atoms with E-state index in [2.05, 4.69) is 16.0 Å². The van der Waals surface area contributed by atoms with E-state index in [1.165, 1.54) is 35.6 Å². The Balaban J connectivity index is 1.50. The second kappa shape index (κ2) is 7.77. The van der Waals surface area contributed by atoms with Crippen molar-refractivity contribution in [2.75, 3.05) is 22.2 Å². The van der Waals surface area contributed by atoms with Gasteiger partial charge in [0.25, 0.3) is 5.91 Å². The zero-order valence-electron chi connectivity index (χ0n) is 15.8. The number of amides is 3. The van der Waals surface area contributed by atoms with Crippen LogP contribution < -0.4 is 16.0 Å². The van der Waals surface area contributed by atoms with Crippen LogP contribution in [0.4, 0.5) is 21.9 Å². The monoisotopic (exact) mass is 439 g/mol. The summed E-state index contributed by atoms with van der Waals surface area (Å²) in [5.41, 5.74) is 2.91. The largest absolute Gasteiger partial charge is 0.323 e. The first kappa shape index (κ1) is 19.9. The van der Waals surface area contributed by atoms with Crippen molar-refractivity contribution in [2.24, 2.45) is 0 Å². The number of hydrogen-bond acceptors (Lipinski definition) is 5. The average Bonchev–Trinajstić information content (AvgIpc) is 3.30. The van der Waals surface area contributed by atoms with Gasteiger partial charge in [-0.05, 0) is 60.0 Å². The quantitative estimate of drug-likeness (QED) is 0.528. The van der Waals surface area contributed by atoms with Gasteiger partial charge in [-0.1, -0.05) is 6.07 Å². The molecule has 0 bridgehead atoms. The number of urea groups is 1. The summed E-state index contributed by atoms with van der Waals surface area (Å²) in [4.78, 5) is 25.8. The molecular formula is C21H17N3O4S2. The third kappa shape index (κ3) is 4.27. The third-order valence-electron chi connectivity index (χ3n) is 4.43. The maximum absolute atomic E-state index is 12.3. The summed E-state index contributed by atoms with van der Waals surface area (Å²) >= 11 is 1.53. The molecule has 0 saturated carbocycles. The van der Waals surface area contributed by atoms with Crippen molar-refractivity contribution in [1.82, 2.24) is 0 Å². The van der Waals surface area contributed by atoms with Crippen LogP contribution in [0.25, 0.3) is 11.6 Å². The van der Waals surface area contributed by atoms with Gasteiger partial charge >= 0.3 is 6.03 Å². The first-order valence-corrected chi connectivity index (χ1v) is 11.7. The first-order valence-electron chi connectivity index (χ1n) is 8.89. The van der Waals surface area contributed by atoms with E-state index in [-0.39, 0.29) is 10.8 Å². The predicted molar refractivity (Wildman–Crippen MR) is 119 cm³/mol. The lowest BCUT2D eigenvalue weighted by Gasteiger charge is -2.09. The summed E-state index contributed by atoms with van der Waals surface area (Å²) < 4.78 is 23.0. The number of fused-ring (bicyclic) bond motifs is 1. The summed E-state index contributed by atoms with van der Waals surface area (Å²) in [7, 11) is -3.30. The van der Waals surface area contributed by atoms with Crippen LogP contribution in [0.2, 0.25) is 0 Å². The number of sulfone groups is 1. The van der Waals surface area contributed by atoms with E-state index in [0.717, 1.165) is 11.1 Å². The molecule has 3 aromatic rings. The van der Waals surface area contributed by atoms with Crippen molar-refractivity contribution in [3.8, 4) is 0 Å². The van der Waals surface area contributed by atoms with Crippen molar-refractivity contribution in [3.63, 3.8) is 0 Å². The zero-order chi connectivity index (χ0) is 21.3. The standard InChI is InChI=1S/C21H17N3O4S2/c1-30(27,28)16-7-4-13(5-8-16)22-21(26)23-14-6-9-19-17(11-14)18(20(25)24-19)12-15-3-2-10-29-15/h2-12H,1H3,(H,24,25)(H2,22,23,26)/b18-12-. The summed E-state index contributed by atoms with van der Waals surface area (Å²) in [5, 5.41) is 10.1. The molecule has 7 nitrogen and oxygen atoms in total. The van der Waals surface area contributed by atoms with Crippen LogP contribution >= 0.6 is 11.3 Å². The van der Waals surface area contributed by atoms with Gasteiger partial charge in [-0.3, -0.25) is 4.79 Å². The summed E-state index contributed by atoms with van der Waals surface area (Å²) in [6.45, 7) is 0. The smallest absolute Gasteiger partial charge is 0.321 e. The van der Waals surface area contributed by atoms with Crippen LogP contribution in [-0.2, 0) is 14.6 Å². The van der Waals surface area contributed by atoms with Crippen LogP contribution in [0.1, 0.15) is 10.4 Å². The molecule has 0 radical (unpaired) electrons. The number of benzene rings is 2. The summed E-state index contributed by atoms with van der Waals surface area (Å²) in [5.74, 6) is -0.189. The lowest BCUT2D eigenvalue weighted by Crippen LogP contribution is -2.19. The maximum atomic E-state index is 12.3. The highest BCUT2D eigenvalue weighted by Crippen LogP contribution is 2.35. The van der Waals surface area contributed by atoms with Crippen molar-refractivity contribution in [3.05, 3.63) is 70.4 Å². The molecule has 0 fully saturated rings. The van der Waals surface area contributed by atoms with E-state index in [0.29, 0.717) is 28.2 Å². The van der Waals surface area contributed by atoms with E-state index in [1.807, 2.05) is 23.6 Å². The Morgan fingerprint density at radius 3 is 2.40 bits per heavy atom. The molecule has 3 amide bonds. The normalized spacial score (nSPS) is 14.3. The van der Waals surface area contributed by atoms with Gasteiger partial charge in [0.2, 0.25) is 0 Å². The molecule has 2 heterocycles. The molecule has 4 rings (SSSR count). The lowest BCUT2D eigenvalue weighted by atomic mass is 10.1. The Kier molecular flexibility index (Phi) is 5.15. The van der Waals surface area contributed by atoms with Crippen molar-refractivity contribution >= 4 is 61.8 Å². The van der Waals surface area contributed by atoms with Crippen LogP contribution in [0.15, 0.2) is 64.9 Å². The van der Waals surface area contributed by atoms with Crippen LogP contribution in [0.5, 0.6) is 0 Å². The van der Waals surface area contributed by atoms with Crippen LogP contribution in [-0.4, -0.2) is 26.6 Å². The first-order chi connectivity index (χ1) is 14.3. The van der Waals surface area contributed by atoms with Gasteiger partial charge < -0.3 is 16.0 Å². The lowest BCUT2D eigenvalue weighted by molar-refractivity contribution is -0.110. The molecule has 0 spiro atoms. The van der Waals surface area contributed by atoms with Gasteiger partial charge in [0, 0.05) is 33.8 Å². The zero-order valence-corrected chi connectivity index (χ0v) is 17.4. The Labute approximate surface area is 177 Å². The molecule has 1 aromatic heterocycles. The Morgan fingerprint density at radius 2 is 1.73 bits per heavy atom. The SMILES string of the molecule is CS(=O)(=O)c1ccc(NC(=O)Nc2ccc3c(c2)/C(=C/c2cccs2)C(=O)N3)cc1. The fourth-order valence-corrected chi connectivity index (χ4v) is 4.29. The second-order valence-corrected chi connectivity index (χ2v) is 9.66. The molecule has 9 heteroatoms. The number of anilines is 3.